The zero-order valence-corrected chi connectivity index (χ0v) is 16.0. The number of amides is 1. The highest BCUT2D eigenvalue weighted by atomic mass is 16.5. The minimum atomic E-state index is -0.328. The lowest BCUT2D eigenvalue weighted by atomic mass is 9.83. The first-order chi connectivity index (χ1) is 13.8. The standard InChI is InChI=1S/C22H26N4O2/c27-21(19-17-12-23-13-18(17)19)25-9-7-22(8-10-25)20-15(6-11-28-22)14-26(24-20)16-4-2-1-3-5-16/h1-5,14,17-19,23H,6-13H2/t17-,18+,19?. The number of ether oxygens (including phenoxy) is 1. The van der Waals surface area contributed by atoms with Crippen LogP contribution < -0.4 is 5.32 Å². The topological polar surface area (TPSA) is 59.4 Å². The molecule has 3 atom stereocenters. The molecule has 0 radical (unpaired) electrons. The van der Waals surface area contributed by atoms with Crippen LogP contribution >= 0.6 is 0 Å². The van der Waals surface area contributed by atoms with Gasteiger partial charge in [-0.1, -0.05) is 18.2 Å². The Morgan fingerprint density at radius 2 is 1.89 bits per heavy atom. The van der Waals surface area contributed by atoms with Crippen molar-refractivity contribution in [1.82, 2.24) is 20.0 Å². The number of para-hydroxylation sites is 1. The summed E-state index contributed by atoms with van der Waals surface area (Å²) in [5.41, 5.74) is 3.12. The summed E-state index contributed by atoms with van der Waals surface area (Å²) in [6.45, 7) is 4.32. The number of aromatic nitrogens is 2. The average Bonchev–Trinajstić information content (AvgIpc) is 3.09. The summed E-state index contributed by atoms with van der Waals surface area (Å²) in [6.07, 6.45) is 4.76. The van der Waals surface area contributed by atoms with Crippen molar-refractivity contribution in [2.75, 3.05) is 32.8 Å². The van der Waals surface area contributed by atoms with E-state index >= 15 is 0 Å². The van der Waals surface area contributed by atoms with Crippen LogP contribution in [-0.4, -0.2) is 53.4 Å². The van der Waals surface area contributed by atoms with Crippen molar-refractivity contribution in [3.63, 3.8) is 0 Å². The smallest absolute Gasteiger partial charge is 0.226 e. The number of rotatable bonds is 2. The van der Waals surface area contributed by atoms with Crippen molar-refractivity contribution in [2.24, 2.45) is 17.8 Å². The molecule has 3 fully saturated rings. The maximum atomic E-state index is 12.9. The number of hydrogen-bond donors (Lipinski definition) is 1. The third-order valence-electron chi connectivity index (χ3n) is 7.25. The van der Waals surface area contributed by atoms with E-state index in [-0.39, 0.29) is 11.5 Å². The molecular formula is C22H26N4O2. The van der Waals surface area contributed by atoms with Crippen molar-refractivity contribution in [1.29, 1.82) is 0 Å². The highest BCUT2D eigenvalue weighted by molar-refractivity contribution is 5.83. The summed E-state index contributed by atoms with van der Waals surface area (Å²) in [5, 5.41) is 8.32. The zero-order valence-electron chi connectivity index (χ0n) is 16.0. The van der Waals surface area contributed by atoms with Crippen LogP contribution in [0.25, 0.3) is 5.69 Å². The van der Waals surface area contributed by atoms with Gasteiger partial charge in [0, 0.05) is 25.2 Å². The molecule has 4 aliphatic rings. The highest BCUT2D eigenvalue weighted by Gasteiger charge is 2.58. The van der Waals surface area contributed by atoms with Crippen molar-refractivity contribution in [2.45, 2.75) is 24.9 Å². The number of carbonyl (C=O) groups is 1. The predicted molar refractivity (Wildman–Crippen MR) is 104 cm³/mol. The predicted octanol–water partition coefficient (Wildman–Crippen LogP) is 1.73. The van der Waals surface area contributed by atoms with Crippen LogP contribution in [0.3, 0.4) is 0 Å². The van der Waals surface area contributed by atoms with Gasteiger partial charge in [0.15, 0.2) is 0 Å². The maximum absolute atomic E-state index is 12.9. The highest BCUT2D eigenvalue weighted by Crippen LogP contribution is 2.50. The van der Waals surface area contributed by atoms with Crippen LogP contribution in [0.15, 0.2) is 36.5 Å². The van der Waals surface area contributed by atoms with E-state index in [9.17, 15) is 4.79 Å². The van der Waals surface area contributed by atoms with Gasteiger partial charge in [0.2, 0.25) is 5.91 Å². The van der Waals surface area contributed by atoms with Crippen LogP contribution in [0.2, 0.25) is 0 Å². The van der Waals surface area contributed by atoms with E-state index in [1.54, 1.807) is 0 Å². The number of hydrogen-bond acceptors (Lipinski definition) is 4. The quantitative estimate of drug-likeness (QED) is 0.865. The number of nitrogens with one attached hydrogen (secondary N) is 1. The van der Waals surface area contributed by atoms with Crippen LogP contribution in [0.4, 0.5) is 0 Å². The van der Waals surface area contributed by atoms with Gasteiger partial charge >= 0.3 is 0 Å². The van der Waals surface area contributed by atoms with Gasteiger partial charge in [0.25, 0.3) is 0 Å². The van der Waals surface area contributed by atoms with Crippen LogP contribution in [0.1, 0.15) is 24.1 Å². The lowest BCUT2D eigenvalue weighted by Gasteiger charge is -2.43. The van der Waals surface area contributed by atoms with Gasteiger partial charge in [0.1, 0.15) is 5.60 Å². The van der Waals surface area contributed by atoms with E-state index in [0.29, 0.717) is 17.7 Å². The first-order valence-electron chi connectivity index (χ1n) is 10.5. The third kappa shape index (κ3) is 2.47. The molecule has 4 heterocycles. The second-order valence-corrected chi connectivity index (χ2v) is 8.71. The number of benzene rings is 1. The molecule has 1 saturated carbocycles. The van der Waals surface area contributed by atoms with Gasteiger partial charge in [0.05, 0.1) is 18.0 Å². The van der Waals surface area contributed by atoms with Crippen molar-refractivity contribution in [3.05, 3.63) is 47.8 Å². The lowest BCUT2D eigenvalue weighted by molar-refractivity contribution is -0.143. The Morgan fingerprint density at radius 1 is 1.14 bits per heavy atom. The van der Waals surface area contributed by atoms with Gasteiger partial charge in [-0.05, 0) is 61.9 Å². The lowest BCUT2D eigenvalue weighted by Crippen LogP contribution is -2.49. The monoisotopic (exact) mass is 378 g/mol. The molecule has 6 rings (SSSR count). The maximum Gasteiger partial charge on any atom is 0.226 e. The minimum absolute atomic E-state index is 0.274. The molecule has 3 aliphatic heterocycles. The van der Waals surface area contributed by atoms with E-state index in [0.717, 1.165) is 63.4 Å². The Morgan fingerprint density at radius 3 is 2.64 bits per heavy atom. The first kappa shape index (κ1) is 16.7. The van der Waals surface area contributed by atoms with E-state index in [1.165, 1.54) is 5.56 Å². The van der Waals surface area contributed by atoms with Gasteiger partial charge in [-0.2, -0.15) is 5.10 Å². The molecule has 1 aliphatic carbocycles. The third-order valence-corrected chi connectivity index (χ3v) is 7.25. The minimum Gasteiger partial charge on any atom is -0.368 e. The largest absolute Gasteiger partial charge is 0.368 e. The summed E-state index contributed by atoms with van der Waals surface area (Å²) in [6, 6.07) is 10.3. The molecule has 2 saturated heterocycles. The van der Waals surface area contributed by atoms with Crippen molar-refractivity contribution in [3.8, 4) is 5.69 Å². The molecular weight excluding hydrogens is 352 g/mol. The Balaban J connectivity index is 1.21. The molecule has 0 bridgehead atoms. The summed E-state index contributed by atoms with van der Waals surface area (Å²) < 4.78 is 8.32. The first-order valence-corrected chi connectivity index (χ1v) is 10.5. The fourth-order valence-corrected chi connectivity index (χ4v) is 5.58. The molecule has 6 heteroatoms. The summed E-state index contributed by atoms with van der Waals surface area (Å²) in [4.78, 5) is 15.0. The molecule has 28 heavy (non-hydrogen) atoms. The molecule has 6 nitrogen and oxygen atoms in total. The molecule has 1 unspecified atom stereocenters. The molecule has 1 aromatic heterocycles. The number of fused-ring (bicyclic) bond motifs is 3. The molecule has 1 spiro atoms. The summed E-state index contributed by atoms with van der Waals surface area (Å²) in [5.74, 6) is 1.82. The van der Waals surface area contributed by atoms with E-state index in [4.69, 9.17) is 9.84 Å². The Hall–Kier alpha value is -2.18. The van der Waals surface area contributed by atoms with Crippen LogP contribution in [0, 0.1) is 17.8 Å². The van der Waals surface area contributed by atoms with Crippen molar-refractivity contribution >= 4 is 5.91 Å². The normalized spacial score (nSPS) is 30.1. The number of carbonyl (C=O) groups excluding carboxylic acids is 1. The second kappa shape index (κ2) is 6.16. The summed E-state index contributed by atoms with van der Waals surface area (Å²) >= 11 is 0. The van der Waals surface area contributed by atoms with Gasteiger partial charge in [-0.15, -0.1) is 0 Å². The molecule has 1 aromatic carbocycles. The Bertz CT molecular complexity index is 891. The molecule has 2 aromatic rings. The van der Waals surface area contributed by atoms with E-state index in [2.05, 4.69) is 28.5 Å². The molecule has 1 N–H and O–H groups in total. The van der Waals surface area contributed by atoms with E-state index in [1.807, 2.05) is 22.9 Å². The fraction of sp³-hybridized carbons (Fsp3) is 0.545. The SMILES string of the molecule is O=C(C1[C@H]2CNC[C@@H]12)N1CCC2(CC1)OCCc1cn(-c3ccccc3)nc12. The van der Waals surface area contributed by atoms with Crippen molar-refractivity contribution < 1.29 is 9.53 Å². The number of likely N-dealkylation sites (tertiary alicyclic amines) is 1. The summed E-state index contributed by atoms with van der Waals surface area (Å²) in [7, 11) is 0. The van der Waals surface area contributed by atoms with Gasteiger partial charge in [-0.25, -0.2) is 4.68 Å². The fourth-order valence-electron chi connectivity index (χ4n) is 5.58. The van der Waals surface area contributed by atoms with Crippen LogP contribution in [0.5, 0.6) is 0 Å². The zero-order chi connectivity index (χ0) is 18.7. The van der Waals surface area contributed by atoms with E-state index < -0.39 is 0 Å². The Kier molecular flexibility index (Phi) is 3.68. The van der Waals surface area contributed by atoms with Gasteiger partial charge < -0.3 is 15.0 Å². The molecule has 1 amide bonds. The Labute approximate surface area is 164 Å². The van der Waals surface area contributed by atoms with Crippen LogP contribution in [-0.2, 0) is 21.6 Å². The molecule has 146 valence electrons. The second-order valence-electron chi connectivity index (χ2n) is 8.71. The average molecular weight is 378 g/mol. The number of piperidine rings is 2. The van der Waals surface area contributed by atoms with Gasteiger partial charge in [-0.3, -0.25) is 4.79 Å². The number of nitrogens with zero attached hydrogens (tertiary/aromatic N) is 3.